The van der Waals surface area contributed by atoms with Crippen LogP contribution in [0.25, 0.3) is 10.9 Å². The molecular weight excluding hydrogens is 334 g/mol. The quantitative estimate of drug-likeness (QED) is 0.680. The first-order chi connectivity index (χ1) is 12.9. The SMILES string of the molecule is C=C1NN=C(c2cc(C(C)C)c(N)cc2C)N1c1ccc2c(ccn2C)c1. The van der Waals surface area contributed by atoms with Gasteiger partial charge in [-0.25, -0.2) is 0 Å². The van der Waals surface area contributed by atoms with E-state index in [-0.39, 0.29) is 0 Å². The van der Waals surface area contributed by atoms with Gasteiger partial charge < -0.3 is 10.3 Å². The Bertz CT molecular complexity index is 1090. The summed E-state index contributed by atoms with van der Waals surface area (Å²) < 4.78 is 2.12. The Hall–Kier alpha value is -3.21. The van der Waals surface area contributed by atoms with Crippen LogP contribution < -0.4 is 16.1 Å². The highest BCUT2D eigenvalue weighted by molar-refractivity contribution is 6.14. The fraction of sp³-hybridized carbons (Fsp3) is 0.227. The maximum Gasteiger partial charge on any atom is 0.166 e. The summed E-state index contributed by atoms with van der Waals surface area (Å²) in [5, 5.41) is 5.75. The van der Waals surface area contributed by atoms with Crippen LogP contribution in [0, 0.1) is 6.92 Å². The van der Waals surface area contributed by atoms with Gasteiger partial charge in [0.1, 0.15) is 5.82 Å². The second-order valence-electron chi connectivity index (χ2n) is 7.45. The lowest BCUT2D eigenvalue weighted by atomic mass is 9.95. The molecule has 0 radical (unpaired) electrons. The van der Waals surface area contributed by atoms with Crippen LogP contribution in [0.2, 0.25) is 0 Å². The Morgan fingerprint density at radius 1 is 1.15 bits per heavy atom. The van der Waals surface area contributed by atoms with Crippen molar-refractivity contribution in [2.75, 3.05) is 10.6 Å². The van der Waals surface area contributed by atoms with Gasteiger partial charge in [0.05, 0.1) is 0 Å². The summed E-state index contributed by atoms with van der Waals surface area (Å²) in [7, 11) is 2.05. The van der Waals surface area contributed by atoms with Gasteiger partial charge in [0.15, 0.2) is 5.84 Å². The molecule has 1 aliphatic rings. The van der Waals surface area contributed by atoms with Crippen LogP contribution in [0.4, 0.5) is 11.4 Å². The maximum atomic E-state index is 6.24. The molecule has 2 heterocycles. The number of fused-ring (bicyclic) bond motifs is 1. The Balaban J connectivity index is 1.83. The van der Waals surface area contributed by atoms with Crippen LogP contribution >= 0.6 is 0 Å². The molecule has 0 aliphatic carbocycles. The Labute approximate surface area is 159 Å². The number of aryl methyl sites for hydroxylation is 2. The zero-order valence-corrected chi connectivity index (χ0v) is 16.2. The number of hydrogen-bond donors (Lipinski definition) is 2. The predicted octanol–water partition coefficient (Wildman–Crippen LogP) is 4.43. The van der Waals surface area contributed by atoms with E-state index in [0.717, 1.165) is 39.7 Å². The minimum Gasteiger partial charge on any atom is -0.398 e. The van der Waals surface area contributed by atoms with Crippen LogP contribution in [0.3, 0.4) is 0 Å². The lowest BCUT2D eigenvalue weighted by Gasteiger charge is -2.23. The van der Waals surface area contributed by atoms with Crippen molar-refractivity contribution in [2.45, 2.75) is 26.7 Å². The third-order valence-corrected chi connectivity index (χ3v) is 5.19. The smallest absolute Gasteiger partial charge is 0.166 e. The van der Waals surface area contributed by atoms with Crippen LogP contribution in [0.1, 0.15) is 36.5 Å². The van der Waals surface area contributed by atoms with Crippen LogP contribution in [-0.4, -0.2) is 10.4 Å². The lowest BCUT2D eigenvalue weighted by Crippen LogP contribution is -2.28. The average molecular weight is 359 g/mol. The maximum absolute atomic E-state index is 6.24. The largest absolute Gasteiger partial charge is 0.398 e. The predicted molar refractivity (Wildman–Crippen MR) is 114 cm³/mol. The van der Waals surface area contributed by atoms with Gasteiger partial charge in [-0.05, 0) is 60.4 Å². The lowest BCUT2D eigenvalue weighted by molar-refractivity contribution is 0.868. The zero-order chi connectivity index (χ0) is 19.3. The van der Waals surface area contributed by atoms with E-state index >= 15 is 0 Å². The summed E-state index contributed by atoms with van der Waals surface area (Å²) in [5.41, 5.74) is 15.6. The molecule has 0 bridgehead atoms. The van der Waals surface area contributed by atoms with E-state index in [0.29, 0.717) is 5.92 Å². The molecule has 1 aromatic heterocycles. The second kappa shape index (κ2) is 6.20. The molecule has 0 saturated heterocycles. The van der Waals surface area contributed by atoms with Gasteiger partial charge in [-0.1, -0.05) is 20.4 Å². The first kappa shape index (κ1) is 17.2. The summed E-state index contributed by atoms with van der Waals surface area (Å²) >= 11 is 0. The number of hydrazone groups is 1. The highest BCUT2D eigenvalue weighted by Gasteiger charge is 2.26. The Morgan fingerprint density at radius 3 is 2.67 bits per heavy atom. The van der Waals surface area contributed by atoms with Crippen molar-refractivity contribution in [3.05, 3.63) is 71.7 Å². The van der Waals surface area contributed by atoms with Gasteiger partial charge >= 0.3 is 0 Å². The number of aromatic nitrogens is 1. The van der Waals surface area contributed by atoms with Gasteiger partial charge in [-0.2, -0.15) is 5.10 Å². The van der Waals surface area contributed by atoms with Crippen molar-refractivity contribution in [3.8, 4) is 0 Å². The fourth-order valence-electron chi connectivity index (χ4n) is 3.70. The van der Waals surface area contributed by atoms with Gasteiger partial charge in [0, 0.05) is 41.1 Å². The molecular formula is C22H25N5. The molecule has 0 fully saturated rings. The summed E-state index contributed by atoms with van der Waals surface area (Å²) in [6, 6.07) is 12.7. The number of anilines is 2. The minimum absolute atomic E-state index is 0.344. The number of nitrogens with one attached hydrogen (secondary N) is 1. The molecule has 1 aliphatic heterocycles. The third kappa shape index (κ3) is 2.76. The molecule has 0 spiro atoms. The van der Waals surface area contributed by atoms with E-state index in [4.69, 9.17) is 5.73 Å². The number of amidine groups is 1. The van der Waals surface area contributed by atoms with Gasteiger partial charge in [0.2, 0.25) is 0 Å². The van der Waals surface area contributed by atoms with Crippen molar-refractivity contribution >= 4 is 28.1 Å². The highest BCUT2D eigenvalue weighted by Crippen LogP contribution is 2.32. The van der Waals surface area contributed by atoms with E-state index in [1.807, 2.05) is 6.07 Å². The third-order valence-electron chi connectivity index (χ3n) is 5.19. The first-order valence-corrected chi connectivity index (χ1v) is 9.15. The van der Waals surface area contributed by atoms with E-state index in [1.54, 1.807) is 0 Å². The number of rotatable bonds is 3. The van der Waals surface area contributed by atoms with Gasteiger partial charge in [-0.15, -0.1) is 0 Å². The molecule has 0 amide bonds. The van der Waals surface area contributed by atoms with Gasteiger partial charge in [-0.3, -0.25) is 10.3 Å². The van der Waals surface area contributed by atoms with Crippen LogP contribution in [-0.2, 0) is 7.05 Å². The molecule has 27 heavy (non-hydrogen) atoms. The number of nitrogens with zero attached hydrogens (tertiary/aromatic N) is 3. The van der Waals surface area contributed by atoms with Crippen LogP contribution in [0.5, 0.6) is 0 Å². The summed E-state index contributed by atoms with van der Waals surface area (Å²) in [6.45, 7) is 10.5. The number of nitrogens with two attached hydrogens (primary N) is 1. The molecule has 138 valence electrons. The van der Waals surface area contributed by atoms with Crippen LogP contribution in [0.15, 0.2) is 60.1 Å². The zero-order valence-electron chi connectivity index (χ0n) is 16.2. The normalized spacial score (nSPS) is 14.2. The Kier molecular flexibility index (Phi) is 3.95. The van der Waals surface area contributed by atoms with Crippen molar-refractivity contribution in [1.29, 1.82) is 0 Å². The monoisotopic (exact) mass is 359 g/mol. The molecule has 0 saturated carbocycles. The topological polar surface area (TPSA) is 58.6 Å². The molecule has 4 rings (SSSR count). The molecule has 3 aromatic rings. The standard InChI is InChI=1S/C22H25N5/c1-13(2)18-12-19(14(3)10-20(18)23)22-25-24-15(4)27(22)17-6-7-21-16(11-17)8-9-26(21)5/h6-13,24H,4,23H2,1-3,5H3. The first-order valence-electron chi connectivity index (χ1n) is 9.15. The van der Waals surface area contributed by atoms with Crippen molar-refractivity contribution in [2.24, 2.45) is 12.1 Å². The molecule has 5 nitrogen and oxygen atoms in total. The van der Waals surface area contributed by atoms with Gasteiger partial charge in [0.25, 0.3) is 0 Å². The number of benzene rings is 2. The number of hydrogen-bond acceptors (Lipinski definition) is 4. The van der Waals surface area contributed by atoms with E-state index < -0.39 is 0 Å². The molecule has 2 aromatic carbocycles. The number of nitrogen functional groups attached to an aromatic ring is 1. The van der Waals surface area contributed by atoms with Crippen molar-refractivity contribution in [1.82, 2.24) is 9.99 Å². The molecule has 0 unspecified atom stereocenters. The average Bonchev–Trinajstić information content (AvgIpc) is 3.17. The fourth-order valence-corrected chi connectivity index (χ4v) is 3.70. The summed E-state index contributed by atoms with van der Waals surface area (Å²) in [4.78, 5) is 2.06. The van der Waals surface area contributed by atoms with Crippen molar-refractivity contribution < 1.29 is 0 Å². The molecule has 3 N–H and O–H groups in total. The summed E-state index contributed by atoms with van der Waals surface area (Å²) in [5.74, 6) is 1.92. The van der Waals surface area contributed by atoms with E-state index in [2.05, 4.69) is 90.9 Å². The molecule has 5 heteroatoms. The second-order valence-corrected chi connectivity index (χ2v) is 7.45. The van der Waals surface area contributed by atoms with Crippen molar-refractivity contribution in [3.63, 3.8) is 0 Å². The molecule has 0 atom stereocenters. The van der Waals surface area contributed by atoms with E-state index in [1.165, 1.54) is 10.9 Å². The summed E-state index contributed by atoms with van der Waals surface area (Å²) in [6.07, 6.45) is 2.07. The minimum atomic E-state index is 0.344. The van der Waals surface area contributed by atoms with E-state index in [9.17, 15) is 0 Å². The Morgan fingerprint density at radius 2 is 1.93 bits per heavy atom. The highest BCUT2D eigenvalue weighted by atomic mass is 15.5.